The van der Waals surface area contributed by atoms with Crippen LogP contribution in [0.4, 0.5) is 4.39 Å². The van der Waals surface area contributed by atoms with Crippen LogP contribution in [0.2, 0.25) is 0 Å². The number of hydrogen-bond acceptors (Lipinski definition) is 0. The van der Waals surface area contributed by atoms with E-state index >= 15 is 0 Å². The van der Waals surface area contributed by atoms with E-state index in [-0.39, 0.29) is 11.2 Å². The molecule has 0 aromatic heterocycles. The number of rotatable bonds is 3. The number of alkyl halides is 1. The van der Waals surface area contributed by atoms with Crippen molar-refractivity contribution in [2.75, 3.05) is 0 Å². The molecule has 0 aliphatic heterocycles. The Labute approximate surface area is 131 Å². The SMILES string of the molecule is Fc1cccc(CC2CC(c3ccccc3)CCC2Cl)c1. The van der Waals surface area contributed by atoms with E-state index in [0.717, 1.165) is 31.2 Å². The first-order chi connectivity index (χ1) is 10.2. The number of halogens is 2. The molecule has 2 heteroatoms. The van der Waals surface area contributed by atoms with Crippen molar-refractivity contribution in [3.05, 3.63) is 71.5 Å². The Bertz CT molecular complexity index is 581. The first-order valence-electron chi connectivity index (χ1n) is 7.66. The Morgan fingerprint density at radius 1 is 1.00 bits per heavy atom. The quantitative estimate of drug-likeness (QED) is 0.651. The topological polar surface area (TPSA) is 0 Å². The van der Waals surface area contributed by atoms with E-state index in [4.69, 9.17) is 11.6 Å². The standard InChI is InChI=1S/C19H20ClF/c20-19-10-9-16(15-6-2-1-3-7-15)13-17(19)11-14-5-4-8-18(21)12-14/h1-8,12,16-17,19H,9-11,13H2. The minimum atomic E-state index is -0.158. The highest BCUT2D eigenvalue weighted by molar-refractivity contribution is 6.20. The molecule has 3 atom stereocenters. The van der Waals surface area contributed by atoms with Gasteiger partial charge >= 0.3 is 0 Å². The normalized spacial score (nSPS) is 25.7. The van der Waals surface area contributed by atoms with Gasteiger partial charge in [-0.1, -0.05) is 42.5 Å². The van der Waals surface area contributed by atoms with Crippen LogP contribution < -0.4 is 0 Å². The summed E-state index contributed by atoms with van der Waals surface area (Å²) in [6, 6.07) is 17.6. The third-order valence-corrected chi connectivity index (χ3v) is 5.12. The summed E-state index contributed by atoms with van der Waals surface area (Å²) in [7, 11) is 0. The third kappa shape index (κ3) is 3.65. The molecule has 1 saturated carbocycles. The van der Waals surface area contributed by atoms with E-state index in [2.05, 4.69) is 30.3 Å². The molecule has 2 aromatic carbocycles. The molecule has 0 N–H and O–H groups in total. The van der Waals surface area contributed by atoms with Gasteiger partial charge in [0.1, 0.15) is 5.82 Å². The van der Waals surface area contributed by atoms with Gasteiger partial charge < -0.3 is 0 Å². The minimum Gasteiger partial charge on any atom is -0.207 e. The van der Waals surface area contributed by atoms with E-state index in [1.54, 1.807) is 12.1 Å². The average molecular weight is 303 g/mol. The molecule has 0 nitrogen and oxygen atoms in total. The van der Waals surface area contributed by atoms with Crippen molar-refractivity contribution in [1.82, 2.24) is 0 Å². The molecule has 0 saturated heterocycles. The Kier molecular flexibility index (Phi) is 4.60. The summed E-state index contributed by atoms with van der Waals surface area (Å²) >= 11 is 6.53. The van der Waals surface area contributed by atoms with Crippen LogP contribution in [0.1, 0.15) is 36.3 Å². The molecule has 0 radical (unpaired) electrons. The van der Waals surface area contributed by atoms with Gasteiger partial charge in [-0.05, 0) is 60.8 Å². The van der Waals surface area contributed by atoms with E-state index in [9.17, 15) is 4.39 Å². The fourth-order valence-corrected chi connectivity index (χ4v) is 3.75. The van der Waals surface area contributed by atoms with Gasteiger partial charge in [-0.3, -0.25) is 0 Å². The lowest BCUT2D eigenvalue weighted by atomic mass is 9.75. The van der Waals surface area contributed by atoms with Crippen molar-refractivity contribution in [3.63, 3.8) is 0 Å². The zero-order chi connectivity index (χ0) is 14.7. The van der Waals surface area contributed by atoms with E-state index < -0.39 is 0 Å². The van der Waals surface area contributed by atoms with Crippen molar-refractivity contribution in [2.45, 2.75) is 37.0 Å². The summed E-state index contributed by atoms with van der Waals surface area (Å²) in [5.74, 6) is 0.848. The average Bonchev–Trinajstić information content (AvgIpc) is 2.50. The van der Waals surface area contributed by atoms with Crippen LogP contribution in [-0.2, 0) is 6.42 Å². The van der Waals surface area contributed by atoms with Gasteiger partial charge in [-0.2, -0.15) is 0 Å². The van der Waals surface area contributed by atoms with Crippen LogP contribution in [0.15, 0.2) is 54.6 Å². The van der Waals surface area contributed by atoms with Crippen molar-refractivity contribution >= 4 is 11.6 Å². The molecule has 1 aliphatic rings. The summed E-state index contributed by atoms with van der Waals surface area (Å²) in [5, 5.41) is 0.202. The molecule has 0 heterocycles. The highest BCUT2D eigenvalue weighted by Crippen LogP contribution is 2.40. The predicted molar refractivity (Wildman–Crippen MR) is 86.3 cm³/mol. The summed E-state index contributed by atoms with van der Waals surface area (Å²) in [6.07, 6.45) is 4.16. The van der Waals surface area contributed by atoms with Crippen molar-refractivity contribution in [2.24, 2.45) is 5.92 Å². The molecule has 2 aromatic rings. The lowest BCUT2D eigenvalue weighted by Gasteiger charge is -2.33. The van der Waals surface area contributed by atoms with E-state index in [1.165, 1.54) is 11.6 Å². The summed E-state index contributed by atoms with van der Waals surface area (Å²) in [4.78, 5) is 0. The van der Waals surface area contributed by atoms with Gasteiger partial charge in [0.05, 0.1) is 0 Å². The second-order valence-electron chi connectivity index (χ2n) is 6.03. The van der Waals surface area contributed by atoms with Crippen LogP contribution >= 0.6 is 11.6 Å². The molecule has 3 rings (SSSR count). The maximum atomic E-state index is 13.3. The lowest BCUT2D eigenvalue weighted by Crippen LogP contribution is -2.26. The first kappa shape index (κ1) is 14.6. The fourth-order valence-electron chi connectivity index (χ4n) is 3.43. The molecular weight excluding hydrogens is 283 g/mol. The zero-order valence-corrected chi connectivity index (χ0v) is 12.8. The van der Waals surface area contributed by atoms with Crippen LogP contribution in [0, 0.1) is 11.7 Å². The Hall–Kier alpha value is -1.34. The van der Waals surface area contributed by atoms with Gasteiger partial charge in [0.25, 0.3) is 0 Å². The molecule has 3 unspecified atom stereocenters. The second-order valence-corrected chi connectivity index (χ2v) is 6.59. The largest absolute Gasteiger partial charge is 0.207 e. The van der Waals surface area contributed by atoms with Crippen LogP contribution in [0.3, 0.4) is 0 Å². The monoisotopic (exact) mass is 302 g/mol. The molecular formula is C19H20ClF. The van der Waals surface area contributed by atoms with Crippen LogP contribution in [-0.4, -0.2) is 5.38 Å². The van der Waals surface area contributed by atoms with Gasteiger partial charge in [0.15, 0.2) is 0 Å². The van der Waals surface area contributed by atoms with Gasteiger partial charge in [0, 0.05) is 5.38 Å². The molecule has 0 bridgehead atoms. The molecule has 21 heavy (non-hydrogen) atoms. The maximum Gasteiger partial charge on any atom is 0.123 e. The number of hydrogen-bond donors (Lipinski definition) is 0. The predicted octanol–water partition coefficient (Wildman–Crippen LogP) is 5.56. The number of benzene rings is 2. The lowest BCUT2D eigenvalue weighted by molar-refractivity contribution is 0.326. The molecule has 0 amide bonds. The van der Waals surface area contributed by atoms with Crippen molar-refractivity contribution in [3.8, 4) is 0 Å². The highest BCUT2D eigenvalue weighted by atomic mass is 35.5. The van der Waals surface area contributed by atoms with Crippen molar-refractivity contribution in [1.29, 1.82) is 0 Å². The Morgan fingerprint density at radius 2 is 1.81 bits per heavy atom. The Balaban J connectivity index is 1.72. The smallest absolute Gasteiger partial charge is 0.123 e. The van der Waals surface area contributed by atoms with Crippen LogP contribution in [0.5, 0.6) is 0 Å². The molecule has 0 spiro atoms. The molecule has 1 aliphatic carbocycles. The zero-order valence-electron chi connectivity index (χ0n) is 12.0. The van der Waals surface area contributed by atoms with Gasteiger partial charge in [-0.25, -0.2) is 4.39 Å². The molecule has 110 valence electrons. The summed E-state index contributed by atoms with van der Waals surface area (Å²) in [6.45, 7) is 0. The Morgan fingerprint density at radius 3 is 2.57 bits per heavy atom. The highest BCUT2D eigenvalue weighted by Gasteiger charge is 2.30. The second kappa shape index (κ2) is 6.62. The van der Waals surface area contributed by atoms with Gasteiger partial charge in [-0.15, -0.1) is 11.6 Å². The van der Waals surface area contributed by atoms with E-state index in [1.807, 2.05) is 6.07 Å². The first-order valence-corrected chi connectivity index (χ1v) is 8.09. The summed E-state index contributed by atoms with van der Waals surface area (Å²) < 4.78 is 13.3. The minimum absolute atomic E-state index is 0.158. The van der Waals surface area contributed by atoms with Crippen LogP contribution in [0.25, 0.3) is 0 Å². The van der Waals surface area contributed by atoms with Crippen molar-refractivity contribution < 1.29 is 4.39 Å². The summed E-state index contributed by atoms with van der Waals surface area (Å²) in [5.41, 5.74) is 2.46. The molecule has 1 fully saturated rings. The van der Waals surface area contributed by atoms with E-state index in [0.29, 0.717) is 11.8 Å². The van der Waals surface area contributed by atoms with Gasteiger partial charge in [0.2, 0.25) is 0 Å². The fraction of sp³-hybridized carbons (Fsp3) is 0.368. The maximum absolute atomic E-state index is 13.3. The third-order valence-electron chi connectivity index (χ3n) is 4.55.